The van der Waals surface area contributed by atoms with Crippen molar-refractivity contribution in [3.63, 3.8) is 0 Å². The van der Waals surface area contributed by atoms with Gasteiger partial charge in [0.05, 0.1) is 13.2 Å². The lowest BCUT2D eigenvalue weighted by Crippen LogP contribution is -2.39. The summed E-state index contributed by atoms with van der Waals surface area (Å²) in [5.41, 5.74) is 0. The highest BCUT2D eigenvalue weighted by molar-refractivity contribution is 5.67. The number of ether oxygens (including phenoxy) is 1. The van der Waals surface area contributed by atoms with Gasteiger partial charge in [0.1, 0.15) is 6.04 Å². The fourth-order valence-electron chi connectivity index (χ4n) is 1.91. The number of amides is 1. The number of hydrogen-bond donors (Lipinski definition) is 1. The molecule has 4 nitrogen and oxygen atoms in total. The number of carbonyl (C=O) groups excluding carboxylic acids is 1. The van der Waals surface area contributed by atoms with Crippen molar-refractivity contribution in [1.29, 1.82) is 5.26 Å². The van der Waals surface area contributed by atoms with E-state index in [9.17, 15) is 4.79 Å². The normalized spacial score (nSPS) is 19.4. The summed E-state index contributed by atoms with van der Waals surface area (Å²) < 4.78 is 4.47. The predicted molar refractivity (Wildman–Crippen MR) is 51.5 cm³/mol. The summed E-state index contributed by atoms with van der Waals surface area (Å²) in [6, 6.07) is 1.74. The summed E-state index contributed by atoms with van der Waals surface area (Å²) in [5, 5.41) is 11.5. The van der Waals surface area contributed by atoms with Gasteiger partial charge in [0.2, 0.25) is 0 Å². The molecule has 1 aliphatic carbocycles. The van der Waals surface area contributed by atoms with Crippen LogP contribution in [0.4, 0.5) is 4.79 Å². The number of alkyl carbamates (subject to hydrolysis) is 1. The zero-order valence-corrected chi connectivity index (χ0v) is 8.45. The van der Waals surface area contributed by atoms with E-state index in [0.29, 0.717) is 5.92 Å². The summed E-state index contributed by atoms with van der Waals surface area (Å²) in [4.78, 5) is 10.9. The Morgan fingerprint density at radius 2 is 2.14 bits per heavy atom. The highest BCUT2D eigenvalue weighted by atomic mass is 16.5. The first-order valence-electron chi connectivity index (χ1n) is 5.02. The van der Waals surface area contributed by atoms with E-state index < -0.39 is 6.09 Å². The first-order valence-corrected chi connectivity index (χ1v) is 5.02. The molecule has 1 saturated carbocycles. The molecular weight excluding hydrogens is 180 g/mol. The first kappa shape index (κ1) is 10.8. The third-order valence-electron chi connectivity index (χ3n) is 2.72. The maximum atomic E-state index is 10.9. The number of nitriles is 1. The zero-order valence-electron chi connectivity index (χ0n) is 8.45. The van der Waals surface area contributed by atoms with Crippen molar-refractivity contribution in [2.45, 2.75) is 38.1 Å². The minimum absolute atomic E-state index is 0.299. The Kier molecular flexibility index (Phi) is 4.24. The predicted octanol–water partition coefficient (Wildman–Crippen LogP) is 1.81. The van der Waals surface area contributed by atoms with Gasteiger partial charge < -0.3 is 10.1 Å². The van der Waals surface area contributed by atoms with Crippen LogP contribution in [0.25, 0.3) is 0 Å². The Bertz CT molecular complexity index is 229. The molecule has 14 heavy (non-hydrogen) atoms. The second-order valence-corrected chi connectivity index (χ2v) is 3.64. The number of nitrogens with one attached hydrogen (secondary N) is 1. The highest BCUT2D eigenvalue weighted by Crippen LogP contribution is 2.26. The van der Waals surface area contributed by atoms with Gasteiger partial charge in [0.25, 0.3) is 0 Å². The molecule has 0 heterocycles. The summed E-state index contributed by atoms with van der Waals surface area (Å²) in [6.07, 6.45) is 5.11. The van der Waals surface area contributed by atoms with Crippen molar-refractivity contribution in [2.75, 3.05) is 7.11 Å². The largest absolute Gasteiger partial charge is 0.453 e. The molecule has 4 heteroatoms. The molecule has 78 valence electrons. The molecule has 0 bridgehead atoms. The number of hydrogen-bond acceptors (Lipinski definition) is 3. The SMILES string of the molecule is COC(=O)NC(C#N)C1CCCCC1. The minimum Gasteiger partial charge on any atom is -0.453 e. The van der Waals surface area contributed by atoms with E-state index in [1.807, 2.05) is 0 Å². The van der Waals surface area contributed by atoms with Gasteiger partial charge in [0, 0.05) is 0 Å². The molecule has 1 amide bonds. The van der Waals surface area contributed by atoms with E-state index in [4.69, 9.17) is 5.26 Å². The average Bonchev–Trinajstić information content (AvgIpc) is 2.26. The van der Waals surface area contributed by atoms with Crippen LogP contribution in [0, 0.1) is 17.2 Å². The van der Waals surface area contributed by atoms with Crippen molar-refractivity contribution in [3.05, 3.63) is 0 Å². The molecule has 0 radical (unpaired) electrons. The Morgan fingerprint density at radius 1 is 1.50 bits per heavy atom. The smallest absolute Gasteiger partial charge is 0.407 e. The molecule has 0 aliphatic heterocycles. The third-order valence-corrected chi connectivity index (χ3v) is 2.72. The average molecular weight is 196 g/mol. The van der Waals surface area contributed by atoms with E-state index in [0.717, 1.165) is 25.7 Å². The standard InChI is InChI=1S/C10H16N2O2/c1-14-10(13)12-9(7-11)8-5-3-2-4-6-8/h8-9H,2-6H2,1H3,(H,12,13). The Balaban J connectivity index is 2.44. The summed E-state index contributed by atoms with van der Waals surface area (Å²) in [5.74, 6) is 0.299. The van der Waals surface area contributed by atoms with Crippen molar-refractivity contribution in [1.82, 2.24) is 5.32 Å². The van der Waals surface area contributed by atoms with Gasteiger partial charge in [-0.15, -0.1) is 0 Å². The summed E-state index contributed by atoms with van der Waals surface area (Å²) in [7, 11) is 1.31. The third kappa shape index (κ3) is 2.91. The Labute approximate surface area is 84.2 Å². The molecule has 1 rings (SSSR count). The van der Waals surface area contributed by atoms with E-state index >= 15 is 0 Å². The fraction of sp³-hybridized carbons (Fsp3) is 0.800. The first-order chi connectivity index (χ1) is 6.77. The van der Waals surface area contributed by atoms with Crippen LogP contribution in [-0.4, -0.2) is 19.2 Å². The van der Waals surface area contributed by atoms with Crippen molar-refractivity contribution < 1.29 is 9.53 Å². The number of nitrogens with zero attached hydrogens (tertiary/aromatic N) is 1. The summed E-state index contributed by atoms with van der Waals surface area (Å²) >= 11 is 0. The number of carbonyl (C=O) groups is 1. The number of methoxy groups -OCH3 is 1. The molecule has 1 N–H and O–H groups in total. The van der Waals surface area contributed by atoms with Crippen LogP contribution in [-0.2, 0) is 4.74 Å². The molecule has 1 fully saturated rings. The quantitative estimate of drug-likeness (QED) is 0.732. The molecule has 0 aromatic heterocycles. The van der Waals surface area contributed by atoms with Crippen molar-refractivity contribution >= 4 is 6.09 Å². The molecule has 0 aromatic rings. The van der Waals surface area contributed by atoms with Crippen LogP contribution >= 0.6 is 0 Å². The van der Waals surface area contributed by atoms with E-state index in [1.165, 1.54) is 13.5 Å². The molecule has 0 aromatic carbocycles. The van der Waals surface area contributed by atoms with Crippen LogP contribution in [0.3, 0.4) is 0 Å². The number of rotatable bonds is 2. The molecule has 1 unspecified atom stereocenters. The minimum atomic E-state index is -0.512. The van der Waals surface area contributed by atoms with E-state index in [2.05, 4.69) is 16.1 Å². The van der Waals surface area contributed by atoms with Gasteiger partial charge in [-0.25, -0.2) is 4.79 Å². The van der Waals surface area contributed by atoms with Gasteiger partial charge in [-0.1, -0.05) is 19.3 Å². The lowest BCUT2D eigenvalue weighted by molar-refractivity contribution is 0.163. The van der Waals surface area contributed by atoms with Crippen LogP contribution in [0.15, 0.2) is 0 Å². The van der Waals surface area contributed by atoms with Crippen LogP contribution < -0.4 is 5.32 Å². The molecular formula is C10H16N2O2. The van der Waals surface area contributed by atoms with Gasteiger partial charge in [-0.2, -0.15) is 5.26 Å². The second-order valence-electron chi connectivity index (χ2n) is 3.64. The van der Waals surface area contributed by atoms with Gasteiger partial charge in [0.15, 0.2) is 0 Å². The molecule has 0 spiro atoms. The second kappa shape index (κ2) is 5.48. The Morgan fingerprint density at radius 3 is 2.64 bits per heavy atom. The monoisotopic (exact) mass is 196 g/mol. The van der Waals surface area contributed by atoms with Crippen LogP contribution in [0.5, 0.6) is 0 Å². The van der Waals surface area contributed by atoms with Crippen molar-refractivity contribution in [3.8, 4) is 6.07 Å². The lowest BCUT2D eigenvalue weighted by Gasteiger charge is -2.25. The zero-order chi connectivity index (χ0) is 10.4. The Hall–Kier alpha value is -1.24. The summed E-state index contributed by atoms with van der Waals surface area (Å²) in [6.45, 7) is 0. The van der Waals surface area contributed by atoms with Gasteiger partial charge >= 0.3 is 6.09 Å². The van der Waals surface area contributed by atoms with Gasteiger partial charge in [-0.05, 0) is 18.8 Å². The maximum absolute atomic E-state index is 10.9. The van der Waals surface area contributed by atoms with E-state index in [-0.39, 0.29) is 6.04 Å². The van der Waals surface area contributed by atoms with E-state index in [1.54, 1.807) is 0 Å². The van der Waals surface area contributed by atoms with Gasteiger partial charge in [-0.3, -0.25) is 0 Å². The topological polar surface area (TPSA) is 62.1 Å². The molecule has 0 saturated heterocycles. The van der Waals surface area contributed by atoms with Crippen molar-refractivity contribution in [2.24, 2.45) is 5.92 Å². The fourth-order valence-corrected chi connectivity index (χ4v) is 1.91. The molecule has 1 aliphatic rings. The lowest BCUT2D eigenvalue weighted by atomic mass is 9.84. The molecule has 1 atom stereocenters. The highest BCUT2D eigenvalue weighted by Gasteiger charge is 2.24. The maximum Gasteiger partial charge on any atom is 0.407 e. The van der Waals surface area contributed by atoms with Crippen LogP contribution in [0.2, 0.25) is 0 Å². The van der Waals surface area contributed by atoms with Crippen LogP contribution in [0.1, 0.15) is 32.1 Å².